The summed E-state index contributed by atoms with van der Waals surface area (Å²) in [7, 11) is 0. The Morgan fingerprint density at radius 2 is 1.90 bits per heavy atom. The summed E-state index contributed by atoms with van der Waals surface area (Å²) in [6, 6.07) is 19.1. The predicted molar refractivity (Wildman–Crippen MR) is 115 cm³/mol. The zero-order chi connectivity index (χ0) is 21.8. The van der Waals surface area contributed by atoms with Gasteiger partial charge in [0.15, 0.2) is 0 Å². The second kappa shape index (κ2) is 9.19. The first-order chi connectivity index (χ1) is 15.0. The van der Waals surface area contributed by atoms with Crippen molar-refractivity contribution in [2.75, 3.05) is 24.5 Å². The summed E-state index contributed by atoms with van der Waals surface area (Å²) in [4.78, 5) is 27.9. The van der Waals surface area contributed by atoms with E-state index in [1.807, 2.05) is 18.2 Å². The monoisotopic (exact) mass is 419 g/mol. The number of rotatable bonds is 6. The number of likely N-dealkylation sites (tertiary alicyclic amines) is 1. The van der Waals surface area contributed by atoms with Crippen molar-refractivity contribution in [3.8, 4) is 6.07 Å². The summed E-state index contributed by atoms with van der Waals surface area (Å²) in [5.74, 6) is -1.08. The molecule has 2 aromatic carbocycles. The highest BCUT2D eigenvalue weighted by molar-refractivity contribution is 5.89. The molecule has 31 heavy (non-hydrogen) atoms. The third-order valence-corrected chi connectivity index (χ3v) is 6.12. The Balaban J connectivity index is 1.44. The van der Waals surface area contributed by atoms with Crippen LogP contribution in [0.2, 0.25) is 0 Å². The summed E-state index contributed by atoms with van der Waals surface area (Å²) in [5.41, 5.74) is 2.42. The molecule has 2 saturated heterocycles. The number of carbonyl (C=O) groups is 2. The van der Waals surface area contributed by atoms with Crippen LogP contribution in [0, 0.1) is 17.2 Å². The van der Waals surface area contributed by atoms with Crippen LogP contribution in [0.4, 0.5) is 10.5 Å². The lowest BCUT2D eigenvalue weighted by Crippen LogP contribution is -2.48. The summed E-state index contributed by atoms with van der Waals surface area (Å²) in [5, 5.41) is 18.5. The maximum atomic E-state index is 12.4. The molecule has 1 N–H and O–H groups in total. The van der Waals surface area contributed by atoms with Gasteiger partial charge in [-0.25, -0.2) is 4.79 Å². The Labute approximate surface area is 181 Å². The van der Waals surface area contributed by atoms with Crippen molar-refractivity contribution < 1.29 is 19.4 Å². The number of aliphatic carboxylic acids is 1. The molecule has 2 aliphatic heterocycles. The molecular formula is C24H25N3O4. The fourth-order valence-electron chi connectivity index (χ4n) is 4.47. The normalized spacial score (nSPS) is 23.9. The van der Waals surface area contributed by atoms with E-state index in [0.717, 1.165) is 6.42 Å². The third kappa shape index (κ3) is 4.86. The number of piperidine rings is 1. The zero-order valence-corrected chi connectivity index (χ0v) is 17.2. The molecular weight excluding hydrogens is 394 g/mol. The maximum Gasteiger partial charge on any atom is 0.414 e. The van der Waals surface area contributed by atoms with Gasteiger partial charge in [-0.2, -0.15) is 5.26 Å². The highest BCUT2D eigenvalue weighted by Crippen LogP contribution is 2.28. The highest BCUT2D eigenvalue weighted by atomic mass is 16.6. The van der Waals surface area contributed by atoms with Gasteiger partial charge in [-0.15, -0.1) is 0 Å². The standard InChI is InChI=1S/C24H25N3O4/c25-14-18-6-8-20(9-7-18)27-16-22(31-24(27)30)15-26-11-10-19(23(28)29)13-21(26)12-17-4-2-1-3-5-17/h1-9,19,21-22H,10-13,15-16H2,(H,28,29)/t19?,21?,22-/m0/s1. The van der Waals surface area contributed by atoms with Crippen molar-refractivity contribution in [1.29, 1.82) is 5.26 Å². The minimum atomic E-state index is -0.739. The highest BCUT2D eigenvalue weighted by Gasteiger charge is 2.38. The molecule has 0 spiro atoms. The summed E-state index contributed by atoms with van der Waals surface area (Å²) < 4.78 is 5.62. The molecule has 0 saturated carbocycles. The number of nitriles is 1. The molecule has 160 valence electrons. The van der Waals surface area contributed by atoms with Gasteiger partial charge in [-0.3, -0.25) is 14.6 Å². The lowest BCUT2D eigenvalue weighted by molar-refractivity contribution is -0.144. The molecule has 0 radical (unpaired) electrons. The molecule has 7 heteroatoms. The molecule has 2 aromatic rings. The second-order valence-electron chi connectivity index (χ2n) is 8.17. The maximum absolute atomic E-state index is 12.4. The Hall–Kier alpha value is -3.37. The molecule has 1 amide bonds. The topological polar surface area (TPSA) is 93.9 Å². The smallest absolute Gasteiger partial charge is 0.414 e. The van der Waals surface area contributed by atoms with Gasteiger partial charge in [0.05, 0.1) is 24.1 Å². The number of nitrogens with zero attached hydrogens (tertiary/aromatic N) is 3. The number of hydrogen-bond donors (Lipinski definition) is 1. The van der Waals surface area contributed by atoms with E-state index in [1.54, 1.807) is 29.2 Å². The van der Waals surface area contributed by atoms with E-state index in [2.05, 4.69) is 23.1 Å². The van der Waals surface area contributed by atoms with Crippen molar-refractivity contribution in [2.45, 2.75) is 31.4 Å². The van der Waals surface area contributed by atoms with Crippen molar-refractivity contribution >= 4 is 17.7 Å². The lowest BCUT2D eigenvalue weighted by atomic mass is 9.87. The predicted octanol–water partition coefficient (Wildman–Crippen LogP) is 3.29. The van der Waals surface area contributed by atoms with E-state index in [0.29, 0.717) is 43.7 Å². The average molecular weight is 419 g/mol. The molecule has 0 bridgehead atoms. The number of amides is 1. The first-order valence-corrected chi connectivity index (χ1v) is 10.5. The second-order valence-corrected chi connectivity index (χ2v) is 8.17. The van der Waals surface area contributed by atoms with E-state index in [-0.39, 0.29) is 18.1 Å². The molecule has 2 heterocycles. The molecule has 2 aliphatic rings. The molecule has 0 aliphatic carbocycles. The van der Waals surface area contributed by atoms with Gasteiger partial charge in [-0.1, -0.05) is 30.3 Å². The SMILES string of the molecule is N#Cc1ccc(N2C[C@H](CN3CCC(C(=O)O)CC3Cc3ccccc3)OC2=O)cc1. The van der Waals surface area contributed by atoms with Crippen molar-refractivity contribution in [2.24, 2.45) is 5.92 Å². The Morgan fingerprint density at radius 1 is 1.16 bits per heavy atom. The Bertz CT molecular complexity index is 971. The molecule has 3 atom stereocenters. The van der Waals surface area contributed by atoms with Gasteiger partial charge in [0, 0.05) is 18.3 Å². The number of anilines is 1. The number of carbonyl (C=O) groups excluding carboxylic acids is 1. The van der Waals surface area contributed by atoms with Crippen LogP contribution in [0.5, 0.6) is 0 Å². The third-order valence-electron chi connectivity index (χ3n) is 6.12. The van der Waals surface area contributed by atoms with Gasteiger partial charge in [0.25, 0.3) is 0 Å². The zero-order valence-electron chi connectivity index (χ0n) is 17.2. The molecule has 4 rings (SSSR count). The van der Waals surface area contributed by atoms with Crippen LogP contribution in [-0.4, -0.2) is 53.8 Å². The number of hydrogen-bond acceptors (Lipinski definition) is 5. The van der Waals surface area contributed by atoms with Crippen LogP contribution < -0.4 is 4.90 Å². The molecule has 0 aromatic heterocycles. The van der Waals surface area contributed by atoms with E-state index in [1.165, 1.54) is 5.56 Å². The fraction of sp³-hybridized carbons (Fsp3) is 0.375. The first kappa shape index (κ1) is 20.9. The van der Waals surface area contributed by atoms with Crippen LogP contribution in [0.25, 0.3) is 0 Å². The molecule has 7 nitrogen and oxygen atoms in total. The fourth-order valence-corrected chi connectivity index (χ4v) is 4.47. The lowest BCUT2D eigenvalue weighted by Gasteiger charge is -2.39. The van der Waals surface area contributed by atoms with E-state index >= 15 is 0 Å². The number of benzene rings is 2. The molecule has 2 unspecified atom stereocenters. The number of carboxylic acid groups (broad SMARTS) is 1. The number of cyclic esters (lactones) is 1. The number of ether oxygens (including phenoxy) is 1. The van der Waals surface area contributed by atoms with Crippen LogP contribution in [0.15, 0.2) is 54.6 Å². The number of carboxylic acids is 1. The average Bonchev–Trinajstić information content (AvgIpc) is 3.15. The minimum Gasteiger partial charge on any atom is -0.481 e. The van der Waals surface area contributed by atoms with Gasteiger partial charge in [-0.05, 0) is 55.6 Å². The Kier molecular flexibility index (Phi) is 6.19. The summed E-state index contributed by atoms with van der Waals surface area (Å²) in [6.45, 7) is 1.67. The minimum absolute atomic E-state index is 0.0833. The quantitative estimate of drug-likeness (QED) is 0.772. The van der Waals surface area contributed by atoms with Gasteiger partial charge in [0.1, 0.15) is 6.10 Å². The van der Waals surface area contributed by atoms with Crippen LogP contribution >= 0.6 is 0 Å². The summed E-state index contributed by atoms with van der Waals surface area (Å²) >= 11 is 0. The van der Waals surface area contributed by atoms with Gasteiger partial charge in [0.2, 0.25) is 0 Å². The van der Waals surface area contributed by atoms with Crippen molar-refractivity contribution in [3.05, 3.63) is 65.7 Å². The van der Waals surface area contributed by atoms with Crippen molar-refractivity contribution in [1.82, 2.24) is 4.90 Å². The van der Waals surface area contributed by atoms with Crippen LogP contribution in [0.1, 0.15) is 24.0 Å². The molecule has 2 fully saturated rings. The van der Waals surface area contributed by atoms with E-state index < -0.39 is 12.1 Å². The first-order valence-electron chi connectivity index (χ1n) is 10.5. The van der Waals surface area contributed by atoms with Gasteiger partial charge < -0.3 is 9.84 Å². The summed E-state index contributed by atoms with van der Waals surface area (Å²) in [6.07, 6.45) is 1.27. The van der Waals surface area contributed by atoms with Gasteiger partial charge >= 0.3 is 12.1 Å². The van der Waals surface area contributed by atoms with Crippen LogP contribution in [-0.2, 0) is 16.0 Å². The van der Waals surface area contributed by atoms with E-state index in [9.17, 15) is 14.7 Å². The Morgan fingerprint density at radius 3 is 2.58 bits per heavy atom. The van der Waals surface area contributed by atoms with E-state index in [4.69, 9.17) is 10.00 Å². The van der Waals surface area contributed by atoms with Crippen LogP contribution in [0.3, 0.4) is 0 Å². The largest absolute Gasteiger partial charge is 0.481 e. The van der Waals surface area contributed by atoms with Crippen molar-refractivity contribution in [3.63, 3.8) is 0 Å².